The zero-order chi connectivity index (χ0) is 12.1. The first-order chi connectivity index (χ1) is 8.27. The summed E-state index contributed by atoms with van der Waals surface area (Å²) in [5, 5.41) is 4.72. The van der Waals surface area contributed by atoms with Crippen LogP contribution in [0.25, 0.3) is 0 Å². The van der Waals surface area contributed by atoms with Gasteiger partial charge in [0.05, 0.1) is 6.54 Å². The largest absolute Gasteiger partial charge is 0.348 e. The standard InChI is InChI=1S/C12H13Cl2N3/c13-10-2-1-3-11(14)9(10)4-5-15-8-12-16-6-7-17-12/h1-3,6-7,15H,4-5,8H2,(H,16,17). The Morgan fingerprint density at radius 1 is 1.24 bits per heavy atom. The van der Waals surface area contributed by atoms with Gasteiger partial charge in [-0.1, -0.05) is 29.3 Å². The monoisotopic (exact) mass is 269 g/mol. The lowest BCUT2D eigenvalue weighted by molar-refractivity contribution is 0.665. The van der Waals surface area contributed by atoms with Crippen LogP contribution < -0.4 is 5.32 Å². The van der Waals surface area contributed by atoms with Crippen molar-refractivity contribution in [1.82, 2.24) is 15.3 Å². The van der Waals surface area contributed by atoms with E-state index in [0.717, 1.165) is 40.9 Å². The zero-order valence-corrected chi connectivity index (χ0v) is 10.7. The second kappa shape index (κ2) is 6.05. The fraction of sp³-hybridized carbons (Fsp3) is 0.250. The first-order valence-corrected chi connectivity index (χ1v) is 6.15. The van der Waals surface area contributed by atoms with Gasteiger partial charge in [-0.3, -0.25) is 0 Å². The summed E-state index contributed by atoms with van der Waals surface area (Å²) in [5.41, 5.74) is 0.989. The molecule has 3 nitrogen and oxygen atoms in total. The highest BCUT2D eigenvalue weighted by Crippen LogP contribution is 2.24. The van der Waals surface area contributed by atoms with E-state index in [-0.39, 0.29) is 0 Å². The number of hydrogen-bond acceptors (Lipinski definition) is 2. The minimum absolute atomic E-state index is 0.717. The molecule has 1 heterocycles. The molecule has 0 saturated heterocycles. The van der Waals surface area contributed by atoms with Gasteiger partial charge < -0.3 is 10.3 Å². The maximum absolute atomic E-state index is 6.08. The third kappa shape index (κ3) is 3.46. The average molecular weight is 270 g/mol. The first-order valence-electron chi connectivity index (χ1n) is 5.39. The molecule has 1 aromatic heterocycles. The van der Waals surface area contributed by atoms with Crippen LogP contribution in [-0.4, -0.2) is 16.5 Å². The van der Waals surface area contributed by atoms with Crippen molar-refractivity contribution in [3.05, 3.63) is 52.0 Å². The van der Waals surface area contributed by atoms with Gasteiger partial charge in [-0.25, -0.2) is 4.98 Å². The van der Waals surface area contributed by atoms with E-state index < -0.39 is 0 Å². The number of hydrogen-bond donors (Lipinski definition) is 2. The van der Waals surface area contributed by atoms with Crippen LogP contribution in [0.1, 0.15) is 11.4 Å². The third-order valence-electron chi connectivity index (χ3n) is 2.46. The Bertz CT molecular complexity index is 448. The summed E-state index contributed by atoms with van der Waals surface area (Å²) in [6.07, 6.45) is 4.35. The molecule has 0 bridgehead atoms. The van der Waals surface area contributed by atoms with Gasteiger partial charge in [-0.05, 0) is 30.7 Å². The Hall–Kier alpha value is -1.03. The molecule has 0 amide bonds. The fourth-order valence-electron chi connectivity index (χ4n) is 1.59. The van der Waals surface area contributed by atoms with Crippen LogP contribution in [0.5, 0.6) is 0 Å². The van der Waals surface area contributed by atoms with Crippen LogP contribution in [0.15, 0.2) is 30.6 Å². The number of nitrogens with zero attached hydrogens (tertiary/aromatic N) is 1. The molecule has 0 saturated carbocycles. The predicted molar refractivity (Wildman–Crippen MR) is 70.5 cm³/mol. The lowest BCUT2D eigenvalue weighted by Gasteiger charge is -2.07. The molecule has 0 fully saturated rings. The summed E-state index contributed by atoms with van der Waals surface area (Å²) in [6.45, 7) is 1.53. The highest BCUT2D eigenvalue weighted by Gasteiger charge is 2.04. The maximum Gasteiger partial charge on any atom is 0.120 e. The summed E-state index contributed by atoms with van der Waals surface area (Å²) in [4.78, 5) is 7.16. The van der Waals surface area contributed by atoms with Crippen LogP contribution in [0, 0.1) is 0 Å². The molecular formula is C12H13Cl2N3. The van der Waals surface area contributed by atoms with Crippen LogP contribution in [0.4, 0.5) is 0 Å². The third-order valence-corrected chi connectivity index (χ3v) is 3.17. The number of benzene rings is 1. The van der Waals surface area contributed by atoms with E-state index in [4.69, 9.17) is 23.2 Å². The fourth-order valence-corrected chi connectivity index (χ4v) is 2.17. The lowest BCUT2D eigenvalue weighted by atomic mass is 10.1. The zero-order valence-electron chi connectivity index (χ0n) is 9.21. The molecule has 0 spiro atoms. The van der Waals surface area contributed by atoms with Crippen molar-refractivity contribution >= 4 is 23.2 Å². The Kier molecular flexibility index (Phi) is 4.42. The molecule has 0 aliphatic rings. The van der Waals surface area contributed by atoms with Gasteiger partial charge >= 0.3 is 0 Å². The van der Waals surface area contributed by atoms with Crippen LogP contribution in [-0.2, 0) is 13.0 Å². The molecule has 2 N–H and O–H groups in total. The van der Waals surface area contributed by atoms with Gasteiger partial charge in [0.25, 0.3) is 0 Å². The summed E-state index contributed by atoms with van der Waals surface area (Å²) in [6, 6.07) is 5.56. The van der Waals surface area contributed by atoms with Crippen LogP contribution >= 0.6 is 23.2 Å². The molecule has 5 heteroatoms. The van der Waals surface area contributed by atoms with Crippen molar-refractivity contribution in [1.29, 1.82) is 0 Å². The van der Waals surface area contributed by atoms with E-state index in [1.54, 1.807) is 6.20 Å². The Balaban J connectivity index is 1.82. The normalized spacial score (nSPS) is 10.7. The summed E-state index contributed by atoms with van der Waals surface area (Å²) in [5.74, 6) is 0.926. The highest BCUT2D eigenvalue weighted by molar-refractivity contribution is 6.35. The second-order valence-corrected chi connectivity index (χ2v) is 4.48. The van der Waals surface area contributed by atoms with E-state index in [1.807, 2.05) is 24.4 Å². The maximum atomic E-state index is 6.08. The summed E-state index contributed by atoms with van der Waals surface area (Å²) >= 11 is 12.2. The van der Waals surface area contributed by atoms with E-state index in [9.17, 15) is 0 Å². The molecule has 0 aliphatic carbocycles. The molecule has 1 aromatic carbocycles. The van der Waals surface area contributed by atoms with Crippen molar-refractivity contribution in [2.45, 2.75) is 13.0 Å². The molecule has 0 atom stereocenters. The Morgan fingerprint density at radius 2 is 2.00 bits per heavy atom. The van der Waals surface area contributed by atoms with Crippen molar-refractivity contribution in [3.63, 3.8) is 0 Å². The average Bonchev–Trinajstić information content (AvgIpc) is 2.80. The Morgan fingerprint density at radius 3 is 2.65 bits per heavy atom. The Labute approximate surface area is 110 Å². The predicted octanol–water partition coefficient (Wildman–Crippen LogP) is 3.05. The van der Waals surface area contributed by atoms with Crippen molar-refractivity contribution in [3.8, 4) is 0 Å². The van der Waals surface area contributed by atoms with E-state index >= 15 is 0 Å². The van der Waals surface area contributed by atoms with Gasteiger partial charge in [0.2, 0.25) is 0 Å². The van der Waals surface area contributed by atoms with Gasteiger partial charge in [0.15, 0.2) is 0 Å². The number of aromatic amines is 1. The lowest BCUT2D eigenvalue weighted by Crippen LogP contribution is -2.17. The van der Waals surface area contributed by atoms with E-state index in [1.165, 1.54) is 0 Å². The van der Waals surface area contributed by atoms with Crippen molar-refractivity contribution in [2.24, 2.45) is 0 Å². The van der Waals surface area contributed by atoms with Gasteiger partial charge in [-0.15, -0.1) is 0 Å². The van der Waals surface area contributed by atoms with E-state index in [0.29, 0.717) is 0 Å². The molecule has 0 radical (unpaired) electrons. The van der Waals surface area contributed by atoms with Crippen LogP contribution in [0.2, 0.25) is 10.0 Å². The van der Waals surface area contributed by atoms with Crippen LogP contribution in [0.3, 0.4) is 0 Å². The molecule has 0 aliphatic heterocycles. The SMILES string of the molecule is Clc1cccc(Cl)c1CCNCc1ncc[nH]1. The van der Waals surface area contributed by atoms with E-state index in [2.05, 4.69) is 15.3 Å². The van der Waals surface area contributed by atoms with Gasteiger partial charge in [-0.2, -0.15) is 0 Å². The second-order valence-electron chi connectivity index (χ2n) is 3.66. The van der Waals surface area contributed by atoms with Gasteiger partial charge in [0.1, 0.15) is 5.82 Å². The summed E-state index contributed by atoms with van der Waals surface area (Å²) < 4.78 is 0. The van der Waals surface area contributed by atoms with Crippen molar-refractivity contribution < 1.29 is 0 Å². The molecule has 17 heavy (non-hydrogen) atoms. The van der Waals surface area contributed by atoms with Crippen molar-refractivity contribution in [2.75, 3.05) is 6.54 Å². The number of imidazole rings is 1. The highest BCUT2D eigenvalue weighted by atomic mass is 35.5. The molecular weight excluding hydrogens is 257 g/mol. The molecule has 2 aromatic rings. The first kappa shape index (κ1) is 12.4. The minimum atomic E-state index is 0.717. The van der Waals surface area contributed by atoms with Gasteiger partial charge in [0, 0.05) is 22.4 Å². The number of halogens is 2. The quantitative estimate of drug-likeness (QED) is 0.820. The molecule has 0 unspecified atom stereocenters. The minimum Gasteiger partial charge on any atom is -0.348 e. The molecule has 90 valence electrons. The summed E-state index contributed by atoms with van der Waals surface area (Å²) in [7, 11) is 0. The smallest absolute Gasteiger partial charge is 0.120 e. The number of rotatable bonds is 5. The number of nitrogens with one attached hydrogen (secondary N) is 2. The number of aromatic nitrogens is 2. The topological polar surface area (TPSA) is 40.7 Å². The molecule has 2 rings (SSSR count). The number of H-pyrrole nitrogens is 1.